The summed E-state index contributed by atoms with van der Waals surface area (Å²) in [6.45, 7) is 6.21. The Morgan fingerprint density at radius 1 is 1.35 bits per heavy atom. The molecule has 2 rings (SSSR count). The number of pyridine rings is 1. The molecule has 1 fully saturated rings. The van der Waals surface area contributed by atoms with Crippen molar-refractivity contribution < 1.29 is 22.7 Å². The first-order valence-electron chi connectivity index (χ1n) is 7.33. The highest BCUT2D eigenvalue weighted by Crippen LogP contribution is 2.29. The number of rotatable bonds is 2. The highest BCUT2D eigenvalue weighted by Gasteiger charge is 2.33. The van der Waals surface area contributed by atoms with Gasteiger partial charge in [-0.3, -0.25) is 0 Å². The van der Waals surface area contributed by atoms with E-state index in [1.165, 1.54) is 12.1 Å². The SMILES string of the molecule is CC(C)(C)OC(=O)NC1CCN(c2cccc(C(F)(F)F)n2)C1. The maximum atomic E-state index is 12.7. The summed E-state index contributed by atoms with van der Waals surface area (Å²) in [6.07, 6.45) is -4.37. The van der Waals surface area contributed by atoms with Crippen LogP contribution in [0, 0.1) is 0 Å². The predicted molar refractivity (Wildman–Crippen MR) is 79.2 cm³/mol. The van der Waals surface area contributed by atoms with E-state index >= 15 is 0 Å². The standard InChI is InChI=1S/C15H20F3N3O2/c1-14(2,3)23-13(22)19-10-7-8-21(9-10)12-6-4-5-11(20-12)15(16,17)18/h4-6,10H,7-9H2,1-3H3,(H,19,22). The summed E-state index contributed by atoms with van der Waals surface area (Å²) in [5.74, 6) is 0.258. The quantitative estimate of drug-likeness (QED) is 0.904. The van der Waals surface area contributed by atoms with Crippen LogP contribution in [0.1, 0.15) is 32.9 Å². The zero-order valence-electron chi connectivity index (χ0n) is 13.3. The maximum absolute atomic E-state index is 12.7. The minimum atomic E-state index is -4.47. The second kappa shape index (κ2) is 6.25. The monoisotopic (exact) mass is 331 g/mol. The molecule has 1 amide bonds. The summed E-state index contributed by atoms with van der Waals surface area (Å²) in [6, 6.07) is 3.63. The summed E-state index contributed by atoms with van der Waals surface area (Å²) >= 11 is 0. The van der Waals surface area contributed by atoms with Gasteiger partial charge in [-0.15, -0.1) is 0 Å². The minimum Gasteiger partial charge on any atom is -0.444 e. The van der Waals surface area contributed by atoms with Crippen molar-refractivity contribution in [1.82, 2.24) is 10.3 Å². The number of aromatic nitrogens is 1. The lowest BCUT2D eigenvalue weighted by atomic mass is 10.2. The van der Waals surface area contributed by atoms with Gasteiger partial charge in [0.15, 0.2) is 0 Å². The minimum absolute atomic E-state index is 0.179. The van der Waals surface area contributed by atoms with Gasteiger partial charge in [-0.1, -0.05) is 6.07 Å². The number of anilines is 1. The van der Waals surface area contributed by atoms with Gasteiger partial charge in [-0.2, -0.15) is 13.2 Å². The van der Waals surface area contributed by atoms with Gasteiger partial charge in [0.25, 0.3) is 0 Å². The van der Waals surface area contributed by atoms with Gasteiger partial charge in [0.1, 0.15) is 17.1 Å². The number of nitrogens with one attached hydrogen (secondary N) is 1. The first kappa shape index (κ1) is 17.4. The van der Waals surface area contributed by atoms with E-state index in [-0.39, 0.29) is 11.9 Å². The van der Waals surface area contributed by atoms with Crippen LogP contribution in [0.25, 0.3) is 0 Å². The average Bonchev–Trinajstić information content (AvgIpc) is 2.84. The van der Waals surface area contributed by atoms with Gasteiger partial charge in [0, 0.05) is 13.1 Å². The van der Waals surface area contributed by atoms with E-state index in [0.29, 0.717) is 19.5 Å². The van der Waals surface area contributed by atoms with E-state index < -0.39 is 23.6 Å². The molecule has 1 atom stereocenters. The fourth-order valence-corrected chi connectivity index (χ4v) is 2.32. The zero-order valence-corrected chi connectivity index (χ0v) is 13.3. The molecule has 0 saturated carbocycles. The molecule has 1 aliphatic rings. The Morgan fingerprint density at radius 2 is 2.04 bits per heavy atom. The second-order valence-corrected chi connectivity index (χ2v) is 6.46. The molecule has 0 spiro atoms. The van der Waals surface area contributed by atoms with Crippen molar-refractivity contribution in [3.63, 3.8) is 0 Å². The maximum Gasteiger partial charge on any atom is 0.433 e. The van der Waals surface area contributed by atoms with Crippen molar-refractivity contribution in [2.75, 3.05) is 18.0 Å². The third-order valence-electron chi connectivity index (χ3n) is 3.26. The molecule has 23 heavy (non-hydrogen) atoms. The first-order valence-corrected chi connectivity index (χ1v) is 7.33. The molecule has 2 heterocycles. The van der Waals surface area contributed by atoms with E-state index in [9.17, 15) is 18.0 Å². The molecule has 0 aromatic carbocycles. The summed E-state index contributed by atoms with van der Waals surface area (Å²) in [4.78, 5) is 17.1. The lowest BCUT2D eigenvalue weighted by molar-refractivity contribution is -0.141. The number of halogens is 3. The van der Waals surface area contributed by atoms with Crippen LogP contribution in [0.5, 0.6) is 0 Å². The molecule has 1 aliphatic heterocycles. The Morgan fingerprint density at radius 3 is 2.65 bits per heavy atom. The molecule has 8 heteroatoms. The van der Waals surface area contributed by atoms with Gasteiger partial charge in [0.2, 0.25) is 0 Å². The Bertz CT molecular complexity index is 570. The lowest BCUT2D eigenvalue weighted by Gasteiger charge is -2.22. The second-order valence-electron chi connectivity index (χ2n) is 6.46. The van der Waals surface area contributed by atoms with Crippen LogP contribution in [0.3, 0.4) is 0 Å². The number of alkyl carbamates (subject to hydrolysis) is 1. The highest BCUT2D eigenvalue weighted by atomic mass is 19.4. The van der Waals surface area contributed by atoms with E-state index in [2.05, 4.69) is 10.3 Å². The summed E-state index contributed by atoms with van der Waals surface area (Å²) < 4.78 is 43.3. The van der Waals surface area contributed by atoms with Crippen molar-refractivity contribution in [3.05, 3.63) is 23.9 Å². The van der Waals surface area contributed by atoms with Gasteiger partial charge < -0.3 is 15.0 Å². The molecule has 0 bridgehead atoms. The highest BCUT2D eigenvalue weighted by molar-refractivity contribution is 5.68. The van der Waals surface area contributed by atoms with Crippen molar-refractivity contribution in [2.24, 2.45) is 0 Å². The van der Waals surface area contributed by atoms with Crippen LogP contribution >= 0.6 is 0 Å². The number of carbonyl (C=O) groups excluding carboxylic acids is 1. The summed E-state index contributed by atoms with van der Waals surface area (Å²) in [5, 5.41) is 2.73. The number of ether oxygens (including phenoxy) is 1. The first-order chi connectivity index (χ1) is 10.5. The molecule has 1 aromatic heterocycles. The van der Waals surface area contributed by atoms with Crippen LogP contribution < -0.4 is 10.2 Å². The van der Waals surface area contributed by atoms with Crippen LogP contribution in [-0.2, 0) is 10.9 Å². The summed E-state index contributed by atoms with van der Waals surface area (Å²) in [7, 11) is 0. The lowest BCUT2D eigenvalue weighted by Crippen LogP contribution is -2.40. The van der Waals surface area contributed by atoms with Gasteiger partial charge in [-0.05, 0) is 39.3 Å². The summed E-state index contributed by atoms with van der Waals surface area (Å²) in [5.41, 5.74) is -1.51. The molecule has 1 aromatic rings. The molecule has 128 valence electrons. The molecule has 5 nitrogen and oxygen atoms in total. The number of nitrogens with zero attached hydrogens (tertiary/aromatic N) is 2. The van der Waals surface area contributed by atoms with E-state index in [0.717, 1.165) is 6.07 Å². The fraction of sp³-hybridized carbons (Fsp3) is 0.600. The fourth-order valence-electron chi connectivity index (χ4n) is 2.32. The molecular formula is C15H20F3N3O2. The third-order valence-corrected chi connectivity index (χ3v) is 3.26. The van der Waals surface area contributed by atoms with Crippen LogP contribution in [0.15, 0.2) is 18.2 Å². The smallest absolute Gasteiger partial charge is 0.433 e. The topological polar surface area (TPSA) is 54.5 Å². The Hall–Kier alpha value is -1.99. The Kier molecular flexibility index (Phi) is 4.72. The van der Waals surface area contributed by atoms with Gasteiger partial charge in [0.05, 0.1) is 6.04 Å². The number of hydrogen-bond donors (Lipinski definition) is 1. The zero-order chi connectivity index (χ0) is 17.3. The molecule has 1 unspecified atom stereocenters. The van der Waals surface area contributed by atoms with Crippen LogP contribution in [-0.4, -0.2) is 35.8 Å². The molecular weight excluding hydrogens is 311 g/mol. The van der Waals surface area contributed by atoms with Crippen LogP contribution in [0.2, 0.25) is 0 Å². The molecule has 1 N–H and O–H groups in total. The van der Waals surface area contributed by atoms with Crippen molar-refractivity contribution in [2.45, 2.75) is 45.0 Å². The van der Waals surface area contributed by atoms with Gasteiger partial charge in [-0.25, -0.2) is 9.78 Å². The van der Waals surface area contributed by atoms with E-state index in [1.54, 1.807) is 25.7 Å². The van der Waals surface area contributed by atoms with Crippen molar-refractivity contribution in [3.8, 4) is 0 Å². The van der Waals surface area contributed by atoms with Crippen LogP contribution in [0.4, 0.5) is 23.8 Å². The Labute approximate surface area is 132 Å². The van der Waals surface area contributed by atoms with Crippen molar-refractivity contribution in [1.29, 1.82) is 0 Å². The molecule has 1 saturated heterocycles. The predicted octanol–water partition coefficient (Wildman–Crippen LogP) is 3.20. The van der Waals surface area contributed by atoms with E-state index in [4.69, 9.17) is 4.74 Å². The van der Waals surface area contributed by atoms with Crippen molar-refractivity contribution >= 4 is 11.9 Å². The third kappa shape index (κ3) is 5.01. The van der Waals surface area contributed by atoms with E-state index in [1.807, 2.05) is 0 Å². The number of hydrogen-bond acceptors (Lipinski definition) is 4. The Balaban J connectivity index is 1.97. The van der Waals surface area contributed by atoms with Gasteiger partial charge >= 0.3 is 12.3 Å². The molecule has 0 aliphatic carbocycles. The number of carbonyl (C=O) groups is 1. The number of amides is 1. The average molecular weight is 331 g/mol. The molecule has 0 radical (unpaired) electrons. The largest absolute Gasteiger partial charge is 0.444 e. The number of alkyl halides is 3. The normalized spacial score (nSPS) is 18.9.